The zero-order valence-electron chi connectivity index (χ0n) is 11.6. The Kier molecular flexibility index (Phi) is 5.75. The summed E-state index contributed by atoms with van der Waals surface area (Å²) in [5.74, 6) is 5.26. The number of hydrazine groups is 1. The van der Waals surface area contributed by atoms with Crippen molar-refractivity contribution in [3.63, 3.8) is 0 Å². The minimum Gasteiger partial charge on any atom is -0.271 e. The van der Waals surface area contributed by atoms with Gasteiger partial charge in [0, 0.05) is 6.54 Å². The minimum atomic E-state index is -0.405. The highest BCUT2D eigenvalue weighted by Crippen LogP contribution is 2.28. The molecule has 1 heterocycles. The van der Waals surface area contributed by atoms with Crippen LogP contribution in [0.2, 0.25) is 5.02 Å². The molecule has 3 N–H and O–H groups in total. The lowest BCUT2D eigenvalue weighted by atomic mass is 10.0. The van der Waals surface area contributed by atoms with E-state index in [0.29, 0.717) is 12.0 Å². The highest BCUT2D eigenvalue weighted by Gasteiger charge is 2.21. The van der Waals surface area contributed by atoms with Crippen molar-refractivity contribution in [2.75, 3.05) is 0 Å². The number of nitrogens with two attached hydrogens (primary N) is 1. The smallest absolute Gasteiger partial charge is 0.145 e. The van der Waals surface area contributed by atoms with Gasteiger partial charge < -0.3 is 0 Å². The molecule has 0 aliphatic carbocycles. The molecule has 2 rings (SSSR count). The van der Waals surface area contributed by atoms with E-state index in [0.717, 1.165) is 23.1 Å². The Morgan fingerprint density at radius 2 is 2.29 bits per heavy atom. The summed E-state index contributed by atoms with van der Waals surface area (Å²) in [6.07, 6.45) is 3.06. The molecule has 0 saturated carbocycles. The summed E-state index contributed by atoms with van der Waals surface area (Å²) < 4.78 is 16.8. The molecule has 7 heteroatoms. The standard InChI is InChI=1S/C14H17BrClFN4/c1-2-6-21-14(10(15)8-19-21)12(20-18)7-9-4-3-5-11(16)13(9)17/h3-5,8,12,20H,2,6-7,18H2,1H3. The highest BCUT2D eigenvalue weighted by molar-refractivity contribution is 9.10. The summed E-state index contributed by atoms with van der Waals surface area (Å²) in [5.41, 5.74) is 4.16. The van der Waals surface area contributed by atoms with Crippen molar-refractivity contribution >= 4 is 27.5 Å². The summed E-state index contributed by atoms with van der Waals surface area (Å²) in [5, 5.41) is 4.43. The Bertz CT molecular complexity index is 617. The van der Waals surface area contributed by atoms with Gasteiger partial charge in [-0.1, -0.05) is 30.7 Å². The topological polar surface area (TPSA) is 55.9 Å². The van der Waals surface area contributed by atoms with E-state index >= 15 is 0 Å². The van der Waals surface area contributed by atoms with Crippen LogP contribution in [0, 0.1) is 5.82 Å². The van der Waals surface area contributed by atoms with Crippen molar-refractivity contribution in [1.29, 1.82) is 0 Å². The van der Waals surface area contributed by atoms with Crippen LogP contribution in [0.3, 0.4) is 0 Å². The Balaban J connectivity index is 2.32. The van der Waals surface area contributed by atoms with E-state index in [4.69, 9.17) is 17.4 Å². The summed E-state index contributed by atoms with van der Waals surface area (Å²) in [4.78, 5) is 0. The van der Waals surface area contributed by atoms with Crippen molar-refractivity contribution in [1.82, 2.24) is 15.2 Å². The molecule has 0 saturated heterocycles. The molecular formula is C14H17BrClFN4. The molecule has 0 aliphatic heterocycles. The number of halogens is 3. The third kappa shape index (κ3) is 3.63. The van der Waals surface area contributed by atoms with E-state index in [9.17, 15) is 4.39 Å². The molecule has 0 fully saturated rings. The second kappa shape index (κ2) is 7.35. The quantitative estimate of drug-likeness (QED) is 0.599. The monoisotopic (exact) mass is 374 g/mol. The van der Waals surface area contributed by atoms with Gasteiger partial charge in [-0.05, 0) is 40.4 Å². The lowest BCUT2D eigenvalue weighted by Gasteiger charge is -2.19. The van der Waals surface area contributed by atoms with Gasteiger partial charge in [0.15, 0.2) is 0 Å². The van der Waals surface area contributed by atoms with E-state index in [2.05, 4.69) is 33.4 Å². The van der Waals surface area contributed by atoms with Crippen molar-refractivity contribution in [2.45, 2.75) is 32.4 Å². The zero-order valence-corrected chi connectivity index (χ0v) is 14.0. The molecule has 4 nitrogen and oxygen atoms in total. The maximum absolute atomic E-state index is 14.1. The molecule has 114 valence electrons. The number of hydrogen-bond acceptors (Lipinski definition) is 3. The van der Waals surface area contributed by atoms with Crippen molar-refractivity contribution in [3.05, 3.63) is 51.0 Å². The maximum atomic E-state index is 14.1. The molecule has 0 radical (unpaired) electrons. The Morgan fingerprint density at radius 1 is 1.52 bits per heavy atom. The number of hydrogen-bond donors (Lipinski definition) is 2. The molecule has 21 heavy (non-hydrogen) atoms. The third-order valence-electron chi connectivity index (χ3n) is 3.26. The molecule has 0 spiro atoms. The molecule has 2 aromatic rings. The van der Waals surface area contributed by atoms with Crippen LogP contribution in [0.1, 0.15) is 30.6 Å². The van der Waals surface area contributed by atoms with Gasteiger partial charge in [-0.2, -0.15) is 5.10 Å². The average Bonchev–Trinajstić information content (AvgIpc) is 2.82. The number of nitrogens with zero attached hydrogens (tertiary/aromatic N) is 2. The first kappa shape index (κ1) is 16.4. The molecule has 1 aromatic heterocycles. The minimum absolute atomic E-state index is 0.115. The summed E-state index contributed by atoms with van der Waals surface area (Å²) in [7, 11) is 0. The number of aryl methyl sites for hydroxylation is 1. The fourth-order valence-electron chi connectivity index (χ4n) is 2.27. The van der Waals surface area contributed by atoms with Gasteiger partial charge in [0.05, 0.1) is 27.4 Å². The number of benzene rings is 1. The van der Waals surface area contributed by atoms with E-state index in [1.54, 1.807) is 18.3 Å². The van der Waals surface area contributed by atoms with Crippen LogP contribution in [-0.4, -0.2) is 9.78 Å². The first-order valence-electron chi connectivity index (χ1n) is 6.68. The molecule has 0 amide bonds. The van der Waals surface area contributed by atoms with Crippen LogP contribution in [0.4, 0.5) is 4.39 Å². The van der Waals surface area contributed by atoms with E-state index in [-0.39, 0.29) is 11.1 Å². The first-order chi connectivity index (χ1) is 10.1. The zero-order chi connectivity index (χ0) is 15.4. The van der Waals surface area contributed by atoms with Crippen molar-refractivity contribution < 1.29 is 4.39 Å². The largest absolute Gasteiger partial charge is 0.271 e. The van der Waals surface area contributed by atoms with Gasteiger partial charge in [-0.3, -0.25) is 16.0 Å². The molecule has 1 atom stereocenters. The predicted molar refractivity (Wildman–Crippen MR) is 85.4 cm³/mol. The maximum Gasteiger partial charge on any atom is 0.145 e. The van der Waals surface area contributed by atoms with Gasteiger partial charge in [-0.25, -0.2) is 4.39 Å². The van der Waals surface area contributed by atoms with Crippen LogP contribution in [0.5, 0.6) is 0 Å². The lowest BCUT2D eigenvalue weighted by Crippen LogP contribution is -2.32. The SMILES string of the molecule is CCCn1ncc(Br)c1C(Cc1cccc(Cl)c1F)NN. The highest BCUT2D eigenvalue weighted by atomic mass is 79.9. The van der Waals surface area contributed by atoms with Gasteiger partial charge in [0.2, 0.25) is 0 Å². The Morgan fingerprint density at radius 3 is 2.95 bits per heavy atom. The van der Waals surface area contributed by atoms with Crippen LogP contribution in [-0.2, 0) is 13.0 Å². The van der Waals surface area contributed by atoms with Crippen molar-refractivity contribution in [3.8, 4) is 0 Å². The second-order valence-electron chi connectivity index (χ2n) is 4.74. The molecule has 0 bridgehead atoms. The van der Waals surface area contributed by atoms with E-state index in [1.807, 2.05) is 4.68 Å². The van der Waals surface area contributed by atoms with Crippen LogP contribution in [0.25, 0.3) is 0 Å². The van der Waals surface area contributed by atoms with Gasteiger partial charge in [-0.15, -0.1) is 0 Å². The molecular weight excluding hydrogens is 359 g/mol. The summed E-state index contributed by atoms with van der Waals surface area (Å²) in [6.45, 7) is 2.85. The first-order valence-corrected chi connectivity index (χ1v) is 7.85. The van der Waals surface area contributed by atoms with Crippen LogP contribution >= 0.6 is 27.5 Å². The Hall–Kier alpha value is -0.950. The van der Waals surface area contributed by atoms with Gasteiger partial charge in [0.25, 0.3) is 0 Å². The normalized spacial score (nSPS) is 12.6. The predicted octanol–water partition coefficient (Wildman–Crippen LogP) is 3.60. The van der Waals surface area contributed by atoms with Crippen molar-refractivity contribution in [2.24, 2.45) is 5.84 Å². The van der Waals surface area contributed by atoms with Gasteiger partial charge in [0.1, 0.15) is 5.82 Å². The number of rotatable bonds is 6. The number of aromatic nitrogens is 2. The second-order valence-corrected chi connectivity index (χ2v) is 6.00. The summed E-state index contributed by atoms with van der Waals surface area (Å²) in [6, 6.07) is 4.70. The lowest BCUT2D eigenvalue weighted by molar-refractivity contribution is 0.469. The van der Waals surface area contributed by atoms with E-state index in [1.165, 1.54) is 6.07 Å². The third-order valence-corrected chi connectivity index (χ3v) is 4.16. The number of nitrogens with one attached hydrogen (secondary N) is 1. The van der Waals surface area contributed by atoms with E-state index < -0.39 is 5.82 Å². The average molecular weight is 376 g/mol. The van der Waals surface area contributed by atoms with Crippen LogP contribution < -0.4 is 11.3 Å². The fraction of sp³-hybridized carbons (Fsp3) is 0.357. The molecule has 1 unspecified atom stereocenters. The molecule has 0 aliphatic rings. The van der Waals surface area contributed by atoms with Crippen LogP contribution in [0.15, 0.2) is 28.9 Å². The Labute approximate surface area is 136 Å². The fourth-order valence-corrected chi connectivity index (χ4v) is 3.04. The molecule has 1 aromatic carbocycles. The van der Waals surface area contributed by atoms with Gasteiger partial charge >= 0.3 is 0 Å². The summed E-state index contributed by atoms with van der Waals surface area (Å²) >= 11 is 9.30.